The molecule has 1 amide bonds. The Kier molecular flexibility index (Phi) is 6.58. The summed E-state index contributed by atoms with van der Waals surface area (Å²) in [6, 6.07) is 12.3. The van der Waals surface area contributed by atoms with Crippen molar-refractivity contribution in [2.45, 2.75) is 38.2 Å². The minimum Gasteiger partial charge on any atom is -0.496 e. The van der Waals surface area contributed by atoms with Gasteiger partial charge < -0.3 is 19.5 Å². The molecular formula is C25H30FNO4. The van der Waals surface area contributed by atoms with Crippen LogP contribution in [0.5, 0.6) is 5.75 Å². The maximum absolute atomic E-state index is 14.1. The van der Waals surface area contributed by atoms with E-state index in [1.54, 1.807) is 13.2 Å². The van der Waals surface area contributed by atoms with Gasteiger partial charge in [0, 0.05) is 31.9 Å². The average molecular weight is 428 g/mol. The summed E-state index contributed by atoms with van der Waals surface area (Å²) in [6.07, 6.45) is 2.90. The number of benzene rings is 2. The van der Waals surface area contributed by atoms with E-state index in [4.69, 9.17) is 9.47 Å². The van der Waals surface area contributed by atoms with E-state index < -0.39 is 11.5 Å². The molecule has 2 fully saturated rings. The minimum atomic E-state index is -0.591. The number of carbonyl (C=O) groups is 1. The molecule has 0 aliphatic carbocycles. The number of likely N-dealkylation sites (tertiary alicyclic amines) is 1. The van der Waals surface area contributed by atoms with E-state index in [0.717, 1.165) is 24.0 Å². The lowest BCUT2D eigenvalue weighted by Gasteiger charge is -2.42. The molecular weight excluding hydrogens is 397 g/mol. The first-order valence-corrected chi connectivity index (χ1v) is 11.0. The standard InChI is InChI=1S/C25H30FNO4/c1-30-23-9-8-19(26)15-22(23)21-7-3-2-5-18(21)16-25(10-13-31-14-11-25)24(29)27-12-4-6-20(28)17-27/h2-3,5,7-9,15,20,28H,4,6,10-14,16-17H2,1H3/t20-/m0/s1. The van der Waals surface area contributed by atoms with E-state index in [9.17, 15) is 14.3 Å². The lowest BCUT2D eigenvalue weighted by Crippen LogP contribution is -2.52. The molecule has 0 saturated carbocycles. The van der Waals surface area contributed by atoms with Gasteiger partial charge in [0.25, 0.3) is 0 Å². The summed E-state index contributed by atoms with van der Waals surface area (Å²) < 4.78 is 25.2. The molecule has 0 aromatic heterocycles. The van der Waals surface area contributed by atoms with E-state index in [1.807, 2.05) is 29.2 Å². The molecule has 0 bridgehead atoms. The van der Waals surface area contributed by atoms with Crippen molar-refractivity contribution in [1.82, 2.24) is 4.90 Å². The first-order chi connectivity index (χ1) is 15.0. The topological polar surface area (TPSA) is 59.0 Å². The smallest absolute Gasteiger partial charge is 0.229 e. The monoisotopic (exact) mass is 427 g/mol. The summed E-state index contributed by atoms with van der Waals surface area (Å²) in [7, 11) is 1.57. The molecule has 166 valence electrons. The van der Waals surface area contributed by atoms with Crippen LogP contribution in [0.2, 0.25) is 0 Å². The molecule has 5 nitrogen and oxygen atoms in total. The Morgan fingerprint density at radius 3 is 2.74 bits per heavy atom. The number of methoxy groups -OCH3 is 1. The molecule has 1 N–H and O–H groups in total. The molecule has 2 aliphatic rings. The number of hydrogen-bond donors (Lipinski definition) is 1. The molecule has 31 heavy (non-hydrogen) atoms. The van der Waals surface area contributed by atoms with Gasteiger partial charge in [0.05, 0.1) is 18.6 Å². The number of piperidine rings is 1. The summed E-state index contributed by atoms with van der Waals surface area (Å²) in [6.45, 7) is 2.14. The van der Waals surface area contributed by atoms with E-state index in [2.05, 4.69) is 0 Å². The molecule has 2 aliphatic heterocycles. The summed E-state index contributed by atoms with van der Waals surface area (Å²) in [5, 5.41) is 10.1. The Morgan fingerprint density at radius 2 is 2.00 bits per heavy atom. The Balaban J connectivity index is 1.71. The molecule has 2 aromatic carbocycles. The summed E-state index contributed by atoms with van der Waals surface area (Å²) in [4.78, 5) is 15.5. The Hall–Kier alpha value is -2.44. The third-order valence-corrected chi connectivity index (χ3v) is 6.59. The normalized spacial score (nSPS) is 21.0. The van der Waals surface area contributed by atoms with Gasteiger partial charge in [-0.3, -0.25) is 4.79 Å². The second-order valence-electron chi connectivity index (χ2n) is 8.62. The highest BCUT2D eigenvalue weighted by Gasteiger charge is 2.43. The van der Waals surface area contributed by atoms with E-state index in [0.29, 0.717) is 56.9 Å². The summed E-state index contributed by atoms with van der Waals surface area (Å²) >= 11 is 0. The zero-order valence-corrected chi connectivity index (χ0v) is 18.0. The van der Waals surface area contributed by atoms with E-state index >= 15 is 0 Å². The zero-order valence-electron chi connectivity index (χ0n) is 18.0. The molecule has 0 unspecified atom stereocenters. The average Bonchev–Trinajstić information content (AvgIpc) is 2.79. The number of halogens is 1. The number of aliphatic hydroxyl groups is 1. The van der Waals surface area contributed by atoms with Crippen LogP contribution in [0.25, 0.3) is 11.1 Å². The van der Waals surface area contributed by atoms with Crippen LogP contribution < -0.4 is 4.74 Å². The third kappa shape index (κ3) is 4.60. The van der Waals surface area contributed by atoms with Gasteiger partial charge in [-0.1, -0.05) is 24.3 Å². The molecule has 0 spiro atoms. The van der Waals surface area contributed by atoms with Crippen molar-refractivity contribution in [3.05, 3.63) is 53.8 Å². The summed E-state index contributed by atoms with van der Waals surface area (Å²) in [5.41, 5.74) is 1.95. The predicted molar refractivity (Wildman–Crippen MR) is 116 cm³/mol. The fraction of sp³-hybridized carbons (Fsp3) is 0.480. The van der Waals surface area contributed by atoms with Gasteiger partial charge in [-0.2, -0.15) is 0 Å². The second-order valence-corrected chi connectivity index (χ2v) is 8.62. The molecule has 2 aromatic rings. The maximum Gasteiger partial charge on any atom is 0.229 e. The Labute approximate surface area is 182 Å². The zero-order chi connectivity index (χ0) is 21.8. The van der Waals surface area contributed by atoms with E-state index in [1.165, 1.54) is 12.1 Å². The van der Waals surface area contributed by atoms with Crippen molar-refractivity contribution in [3.8, 4) is 16.9 Å². The van der Waals surface area contributed by atoms with Crippen LogP contribution >= 0.6 is 0 Å². The van der Waals surface area contributed by atoms with Gasteiger partial charge in [-0.15, -0.1) is 0 Å². The maximum atomic E-state index is 14.1. The van der Waals surface area contributed by atoms with Crippen LogP contribution in [0.4, 0.5) is 4.39 Å². The highest BCUT2D eigenvalue weighted by Crippen LogP contribution is 2.41. The number of rotatable bonds is 5. The Morgan fingerprint density at radius 1 is 1.23 bits per heavy atom. The van der Waals surface area contributed by atoms with Crippen LogP contribution in [0.1, 0.15) is 31.2 Å². The third-order valence-electron chi connectivity index (χ3n) is 6.59. The molecule has 6 heteroatoms. The van der Waals surface area contributed by atoms with Crippen LogP contribution in [0.3, 0.4) is 0 Å². The first kappa shape index (κ1) is 21.8. The van der Waals surface area contributed by atoms with Gasteiger partial charge in [-0.05, 0) is 61.4 Å². The first-order valence-electron chi connectivity index (χ1n) is 11.0. The predicted octanol–water partition coefficient (Wildman–Crippen LogP) is 3.82. The highest BCUT2D eigenvalue weighted by atomic mass is 19.1. The van der Waals surface area contributed by atoms with Crippen LogP contribution in [0, 0.1) is 11.2 Å². The van der Waals surface area contributed by atoms with Gasteiger partial charge in [-0.25, -0.2) is 4.39 Å². The number of carbonyl (C=O) groups excluding carboxylic acids is 1. The molecule has 0 radical (unpaired) electrons. The van der Waals surface area contributed by atoms with Gasteiger partial charge in [0.1, 0.15) is 11.6 Å². The van der Waals surface area contributed by atoms with Crippen molar-refractivity contribution < 1.29 is 23.8 Å². The van der Waals surface area contributed by atoms with Crippen molar-refractivity contribution in [1.29, 1.82) is 0 Å². The van der Waals surface area contributed by atoms with Crippen molar-refractivity contribution >= 4 is 5.91 Å². The minimum absolute atomic E-state index is 0.0931. The number of amides is 1. The lowest BCUT2D eigenvalue weighted by molar-refractivity contribution is -0.151. The fourth-order valence-corrected chi connectivity index (χ4v) is 4.90. The van der Waals surface area contributed by atoms with Crippen molar-refractivity contribution in [2.75, 3.05) is 33.4 Å². The van der Waals surface area contributed by atoms with Crippen LogP contribution in [-0.2, 0) is 16.0 Å². The second kappa shape index (κ2) is 9.37. The summed E-state index contributed by atoms with van der Waals surface area (Å²) in [5.74, 6) is 0.362. The number of hydrogen-bond acceptors (Lipinski definition) is 4. The number of aliphatic hydroxyl groups excluding tert-OH is 1. The van der Waals surface area contributed by atoms with Gasteiger partial charge >= 0.3 is 0 Å². The van der Waals surface area contributed by atoms with Gasteiger partial charge in [0.15, 0.2) is 0 Å². The highest BCUT2D eigenvalue weighted by molar-refractivity contribution is 5.84. The van der Waals surface area contributed by atoms with E-state index in [-0.39, 0.29) is 11.7 Å². The van der Waals surface area contributed by atoms with Crippen molar-refractivity contribution in [2.24, 2.45) is 5.41 Å². The van der Waals surface area contributed by atoms with Crippen molar-refractivity contribution in [3.63, 3.8) is 0 Å². The largest absolute Gasteiger partial charge is 0.496 e. The lowest BCUT2D eigenvalue weighted by atomic mass is 9.72. The Bertz CT molecular complexity index is 925. The number of nitrogens with zero attached hydrogens (tertiary/aromatic N) is 1. The molecule has 2 heterocycles. The van der Waals surface area contributed by atoms with Gasteiger partial charge in [0.2, 0.25) is 5.91 Å². The molecule has 4 rings (SSSR count). The fourth-order valence-electron chi connectivity index (χ4n) is 4.90. The van der Waals surface area contributed by atoms with Crippen LogP contribution in [-0.4, -0.2) is 55.4 Å². The number of β-amino-alcohol motifs (C(OH)–C–C–N with tert-alkyl or cyclic N) is 1. The quantitative estimate of drug-likeness (QED) is 0.788. The SMILES string of the molecule is COc1ccc(F)cc1-c1ccccc1CC1(C(=O)N2CCC[C@H](O)C2)CCOCC1. The van der Waals surface area contributed by atoms with Crippen LogP contribution in [0.15, 0.2) is 42.5 Å². The number of ether oxygens (including phenoxy) is 2. The molecule has 2 saturated heterocycles. The molecule has 1 atom stereocenters.